The number of hydrogen-bond donors (Lipinski definition) is 1. The highest BCUT2D eigenvalue weighted by Crippen LogP contribution is 2.32. The van der Waals surface area contributed by atoms with Crippen molar-refractivity contribution in [2.75, 3.05) is 31.2 Å². The molecule has 0 bridgehead atoms. The third-order valence-corrected chi connectivity index (χ3v) is 5.89. The van der Waals surface area contributed by atoms with Crippen LogP contribution in [0, 0.1) is 20.8 Å². The summed E-state index contributed by atoms with van der Waals surface area (Å²) < 4.78 is 7.70. The van der Waals surface area contributed by atoms with Gasteiger partial charge in [0.05, 0.1) is 31.1 Å². The fourth-order valence-corrected chi connectivity index (χ4v) is 4.26. The highest BCUT2D eigenvalue weighted by Gasteiger charge is 2.26. The normalized spacial score (nSPS) is 14.0. The van der Waals surface area contributed by atoms with Gasteiger partial charge in [-0.1, -0.05) is 35.9 Å². The maximum Gasteiger partial charge on any atom is 0.268 e. The monoisotopic (exact) mass is 418 g/mol. The summed E-state index contributed by atoms with van der Waals surface area (Å²) in [5, 5.41) is 3.07. The Morgan fingerprint density at radius 3 is 2.48 bits per heavy atom. The van der Waals surface area contributed by atoms with Crippen LogP contribution in [0.25, 0.3) is 0 Å². The number of aromatic nitrogens is 2. The molecule has 31 heavy (non-hydrogen) atoms. The van der Waals surface area contributed by atoms with Crippen LogP contribution in [0.4, 0.5) is 5.69 Å². The molecule has 1 aliphatic rings. The van der Waals surface area contributed by atoms with E-state index in [0.29, 0.717) is 26.3 Å². The molecule has 2 aromatic heterocycles. The summed E-state index contributed by atoms with van der Waals surface area (Å²) >= 11 is 0. The van der Waals surface area contributed by atoms with Crippen LogP contribution in [0.2, 0.25) is 0 Å². The second-order valence-corrected chi connectivity index (χ2v) is 8.08. The number of hydrogen-bond acceptors (Lipinski definition) is 4. The van der Waals surface area contributed by atoms with Crippen molar-refractivity contribution in [2.24, 2.45) is 0 Å². The number of nitrogens with one attached hydrogen (secondary N) is 1. The van der Waals surface area contributed by atoms with E-state index in [2.05, 4.69) is 64.8 Å². The molecule has 1 aromatic carbocycles. The molecule has 0 atom stereocenters. The van der Waals surface area contributed by atoms with Crippen LogP contribution in [0.3, 0.4) is 0 Å². The molecule has 3 aromatic rings. The molecule has 6 nitrogen and oxygen atoms in total. The van der Waals surface area contributed by atoms with E-state index in [9.17, 15) is 4.79 Å². The van der Waals surface area contributed by atoms with Crippen LogP contribution >= 0.6 is 0 Å². The Bertz CT molecular complexity index is 1040. The van der Waals surface area contributed by atoms with E-state index >= 15 is 0 Å². The zero-order valence-corrected chi connectivity index (χ0v) is 18.5. The molecule has 0 radical (unpaired) electrons. The van der Waals surface area contributed by atoms with Gasteiger partial charge in [-0.2, -0.15) is 0 Å². The molecule has 1 aliphatic heterocycles. The molecular weight excluding hydrogens is 388 g/mol. The summed E-state index contributed by atoms with van der Waals surface area (Å²) in [5.41, 5.74) is 7.25. The molecule has 0 saturated carbocycles. The van der Waals surface area contributed by atoms with Gasteiger partial charge in [0.15, 0.2) is 0 Å². The van der Waals surface area contributed by atoms with Crippen molar-refractivity contribution in [3.8, 4) is 0 Å². The summed E-state index contributed by atoms with van der Waals surface area (Å²) in [5.74, 6) is -0.0714. The van der Waals surface area contributed by atoms with Gasteiger partial charge in [0.25, 0.3) is 5.91 Å². The Hall–Kier alpha value is -3.12. The number of amides is 1. The van der Waals surface area contributed by atoms with Crippen molar-refractivity contribution in [2.45, 2.75) is 33.9 Å². The second kappa shape index (κ2) is 9.35. The zero-order chi connectivity index (χ0) is 21.8. The minimum atomic E-state index is -0.0714. The van der Waals surface area contributed by atoms with Crippen LogP contribution in [-0.4, -0.2) is 41.8 Å². The summed E-state index contributed by atoms with van der Waals surface area (Å²) in [6.45, 7) is 10.4. The Kier molecular flexibility index (Phi) is 6.37. The van der Waals surface area contributed by atoms with Gasteiger partial charge in [-0.05, 0) is 38.5 Å². The lowest BCUT2D eigenvalue weighted by atomic mass is 10.1. The van der Waals surface area contributed by atoms with Crippen molar-refractivity contribution >= 4 is 11.6 Å². The number of nitrogens with zero attached hydrogens (tertiary/aromatic N) is 3. The zero-order valence-electron chi connectivity index (χ0n) is 18.5. The van der Waals surface area contributed by atoms with Gasteiger partial charge in [-0.15, -0.1) is 0 Å². The minimum Gasteiger partial charge on any atom is -0.378 e. The Labute approximate surface area is 183 Å². The predicted octanol–water partition coefficient (Wildman–Crippen LogP) is 3.62. The number of carbonyl (C=O) groups excluding carboxylic acids is 1. The average molecular weight is 419 g/mol. The number of pyridine rings is 1. The number of anilines is 1. The van der Waals surface area contributed by atoms with Crippen molar-refractivity contribution in [3.05, 3.63) is 82.4 Å². The summed E-state index contributed by atoms with van der Waals surface area (Å²) in [6.07, 6.45) is 1.74. The van der Waals surface area contributed by atoms with Crippen molar-refractivity contribution in [3.63, 3.8) is 0 Å². The number of rotatable bonds is 6. The van der Waals surface area contributed by atoms with Crippen molar-refractivity contribution in [1.82, 2.24) is 14.9 Å². The second-order valence-electron chi connectivity index (χ2n) is 8.08. The Morgan fingerprint density at radius 1 is 1.06 bits per heavy atom. The summed E-state index contributed by atoms with van der Waals surface area (Å²) in [7, 11) is 0. The molecule has 6 heteroatoms. The topological polar surface area (TPSA) is 59.4 Å². The van der Waals surface area contributed by atoms with Crippen molar-refractivity contribution < 1.29 is 9.53 Å². The third-order valence-electron chi connectivity index (χ3n) is 5.89. The lowest BCUT2D eigenvalue weighted by molar-refractivity contribution is 0.0940. The minimum absolute atomic E-state index is 0.0714. The number of benzene rings is 1. The predicted molar refractivity (Wildman–Crippen MR) is 123 cm³/mol. The van der Waals surface area contributed by atoms with Gasteiger partial charge in [0.2, 0.25) is 0 Å². The van der Waals surface area contributed by atoms with E-state index in [1.807, 2.05) is 18.2 Å². The first-order valence-electron chi connectivity index (χ1n) is 10.8. The van der Waals surface area contributed by atoms with E-state index < -0.39 is 0 Å². The first-order valence-corrected chi connectivity index (χ1v) is 10.8. The Balaban J connectivity index is 1.68. The molecular formula is C25H30N4O2. The third kappa shape index (κ3) is 4.64. The molecule has 0 spiro atoms. The van der Waals surface area contributed by atoms with Gasteiger partial charge in [0.1, 0.15) is 5.69 Å². The fraction of sp³-hybridized carbons (Fsp3) is 0.360. The highest BCUT2D eigenvalue weighted by atomic mass is 16.5. The lowest BCUT2D eigenvalue weighted by Gasteiger charge is -2.29. The van der Waals surface area contributed by atoms with Crippen LogP contribution in [0.15, 0.2) is 48.7 Å². The molecule has 4 rings (SSSR count). The summed E-state index contributed by atoms with van der Waals surface area (Å²) in [4.78, 5) is 20.0. The van der Waals surface area contributed by atoms with Gasteiger partial charge in [-0.3, -0.25) is 9.78 Å². The molecule has 162 valence electrons. The van der Waals surface area contributed by atoms with Crippen molar-refractivity contribution in [1.29, 1.82) is 0 Å². The van der Waals surface area contributed by atoms with Gasteiger partial charge in [0, 0.05) is 37.1 Å². The average Bonchev–Trinajstić information content (AvgIpc) is 3.04. The first-order chi connectivity index (χ1) is 15.0. The van der Waals surface area contributed by atoms with E-state index in [0.717, 1.165) is 41.4 Å². The lowest BCUT2D eigenvalue weighted by Crippen LogP contribution is -2.36. The van der Waals surface area contributed by atoms with Crippen LogP contribution < -0.4 is 10.2 Å². The quantitative estimate of drug-likeness (QED) is 0.664. The molecule has 0 aliphatic carbocycles. The largest absolute Gasteiger partial charge is 0.378 e. The van der Waals surface area contributed by atoms with E-state index in [-0.39, 0.29) is 5.91 Å². The standard InChI is InChI=1S/C25H30N4O2/c1-18-7-9-21(10-8-18)17-29-20(3)23(28-12-14-31-15-13-28)19(2)24(29)25(30)27-16-22-6-4-5-11-26-22/h4-11H,12-17H2,1-3H3,(H,27,30). The molecule has 1 amide bonds. The first kappa shape index (κ1) is 21.1. The van der Waals surface area contributed by atoms with Crippen LogP contribution in [0.1, 0.15) is 38.6 Å². The van der Waals surface area contributed by atoms with E-state index in [1.54, 1.807) is 6.20 Å². The Morgan fingerprint density at radius 2 is 1.81 bits per heavy atom. The number of aryl methyl sites for hydroxylation is 1. The SMILES string of the molecule is Cc1ccc(Cn2c(C)c(N3CCOCC3)c(C)c2C(=O)NCc2ccccn2)cc1. The molecule has 0 unspecified atom stereocenters. The highest BCUT2D eigenvalue weighted by molar-refractivity contribution is 5.96. The fourth-order valence-electron chi connectivity index (χ4n) is 4.26. The molecule has 1 fully saturated rings. The molecule has 1 saturated heterocycles. The van der Waals surface area contributed by atoms with E-state index in [1.165, 1.54) is 11.1 Å². The number of ether oxygens (including phenoxy) is 1. The van der Waals surface area contributed by atoms with Gasteiger partial charge in [-0.25, -0.2) is 0 Å². The van der Waals surface area contributed by atoms with Crippen LogP contribution in [-0.2, 0) is 17.8 Å². The van der Waals surface area contributed by atoms with Gasteiger partial charge < -0.3 is 19.5 Å². The maximum absolute atomic E-state index is 13.3. The number of morpholine rings is 1. The van der Waals surface area contributed by atoms with Gasteiger partial charge >= 0.3 is 0 Å². The smallest absolute Gasteiger partial charge is 0.268 e. The van der Waals surface area contributed by atoms with Crippen LogP contribution in [0.5, 0.6) is 0 Å². The maximum atomic E-state index is 13.3. The summed E-state index contributed by atoms with van der Waals surface area (Å²) in [6, 6.07) is 14.2. The van der Waals surface area contributed by atoms with E-state index in [4.69, 9.17) is 4.74 Å². The number of carbonyl (C=O) groups is 1. The molecule has 1 N–H and O–H groups in total. The molecule has 3 heterocycles.